The molecule has 0 heterocycles. The first kappa shape index (κ1) is 21.2. The van der Waals surface area contributed by atoms with E-state index < -0.39 is 66.7 Å². The number of hydrogen-bond acceptors (Lipinski definition) is 6. The molecule has 0 aliphatic heterocycles. The normalized spacial score (nSPS) is 28.2. The van der Waals surface area contributed by atoms with Crippen molar-refractivity contribution in [3.05, 3.63) is 46.6 Å². The minimum absolute atomic E-state index is 0.274. The Hall–Kier alpha value is -2.07. The molecule has 11 heteroatoms. The molecule has 0 aromatic rings. The average Bonchev–Trinajstić information content (AvgIpc) is 2.53. The number of Topliss-reactive ketones (excluding diaryl/α,β-unsaturated/α-hetero) is 1. The van der Waals surface area contributed by atoms with Crippen LogP contribution in [0.2, 0.25) is 11.6 Å². The molecule has 0 saturated heterocycles. The highest BCUT2D eigenvalue weighted by molar-refractivity contribution is 6.45. The maximum atomic E-state index is 14.3. The molecule has 2 aliphatic rings. The van der Waals surface area contributed by atoms with Crippen LogP contribution in [-0.2, 0) is 9.59 Å². The van der Waals surface area contributed by atoms with E-state index in [9.17, 15) is 43.6 Å². The minimum Gasteiger partial charge on any atom is -0.478 e. The van der Waals surface area contributed by atoms with E-state index in [4.69, 9.17) is 0 Å². The number of aliphatic carboxylic acids is 1. The minimum atomic E-state index is -2.18. The lowest BCUT2D eigenvalue weighted by atomic mass is 9.59. The molecular weight excluding hydrogens is 364 g/mol. The van der Waals surface area contributed by atoms with Crippen LogP contribution in [0.3, 0.4) is 0 Å². The van der Waals surface area contributed by atoms with Crippen LogP contribution in [0.25, 0.3) is 0 Å². The summed E-state index contributed by atoms with van der Waals surface area (Å²) in [6, 6.07) is 0. The Labute approximate surface area is 154 Å². The SMILES string of the molecule is CC1C(C(=O)O)=CC(C(=O)C2=C(F)C=C(F)C(B(O)O)C2C)=CC1B(O)O. The number of carboxylic acids is 1. The first-order chi connectivity index (χ1) is 12.5. The first-order valence-electron chi connectivity index (χ1n) is 8.17. The van der Waals surface area contributed by atoms with Gasteiger partial charge in [0, 0.05) is 28.6 Å². The van der Waals surface area contributed by atoms with Crippen LogP contribution in [0.15, 0.2) is 46.6 Å². The summed E-state index contributed by atoms with van der Waals surface area (Å²) in [6.45, 7) is 2.66. The fraction of sp³-hybridized carbons (Fsp3) is 0.375. The zero-order chi connectivity index (χ0) is 20.6. The van der Waals surface area contributed by atoms with Gasteiger partial charge in [0.15, 0.2) is 5.78 Å². The van der Waals surface area contributed by atoms with Gasteiger partial charge in [-0.25, -0.2) is 13.6 Å². The molecular formula is C16H18B2F2O7. The molecule has 0 radical (unpaired) electrons. The second-order valence-electron chi connectivity index (χ2n) is 6.65. The number of carboxylic acid groups (broad SMARTS) is 1. The van der Waals surface area contributed by atoms with Crippen LogP contribution < -0.4 is 0 Å². The molecule has 2 rings (SSSR count). The van der Waals surface area contributed by atoms with E-state index in [1.165, 1.54) is 13.8 Å². The third kappa shape index (κ3) is 3.96. The summed E-state index contributed by atoms with van der Waals surface area (Å²) in [5.41, 5.74) is -1.13. The van der Waals surface area contributed by atoms with E-state index >= 15 is 0 Å². The number of carbonyl (C=O) groups is 2. The monoisotopic (exact) mass is 382 g/mol. The molecule has 0 aromatic heterocycles. The van der Waals surface area contributed by atoms with Gasteiger partial charge in [-0.15, -0.1) is 0 Å². The lowest BCUT2D eigenvalue weighted by Crippen LogP contribution is -2.33. The topological polar surface area (TPSA) is 135 Å². The molecule has 4 atom stereocenters. The van der Waals surface area contributed by atoms with Gasteiger partial charge in [-0.1, -0.05) is 19.9 Å². The number of rotatable bonds is 5. The molecule has 27 heavy (non-hydrogen) atoms. The van der Waals surface area contributed by atoms with Crippen molar-refractivity contribution < 1.29 is 43.6 Å². The number of hydrogen-bond donors (Lipinski definition) is 5. The van der Waals surface area contributed by atoms with Crippen molar-refractivity contribution in [3.63, 3.8) is 0 Å². The van der Waals surface area contributed by atoms with E-state index in [-0.39, 0.29) is 11.1 Å². The van der Waals surface area contributed by atoms with Crippen molar-refractivity contribution in [1.29, 1.82) is 0 Å². The van der Waals surface area contributed by atoms with Gasteiger partial charge < -0.3 is 25.2 Å². The van der Waals surface area contributed by atoms with E-state index in [1.54, 1.807) is 0 Å². The molecule has 5 N–H and O–H groups in total. The van der Waals surface area contributed by atoms with Crippen molar-refractivity contribution in [2.45, 2.75) is 25.5 Å². The molecule has 2 aliphatic carbocycles. The van der Waals surface area contributed by atoms with Crippen molar-refractivity contribution >= 4 is 26.0 Å². The quantitative estimate of drug-likeness (QED) is 0.439. The van der Waals surface area contributed by atoms with Gasteiger partial charge >= 0.3 is 20.2 Å². The predicted octanol–water partition coefficient (Wildman–Crippen LogP) is 0.555. The van der Waals surface area contributed by atoms with E-state index in [0.717, 1.165) is 12.2 Å². The van der Waals surface area contributed by atoms with Gasteiger partial charge in [0.25, 0.3) is 0 Å². The summed E-state index contributed by atoms with van der Waals surface area (Å²) in [5.74, 6) is -9.50. The van der Waals surface area contributed by atoms with E-state index in [0.29, 0.717) is 6.08 Å². The van der Waals surface area contributed by atoms with Crippen LogP contribution in [0, 0.1) is 11.8 Å². The van der Waals surface area contributed by atoms with Crippen molar-refractivity contribution in [2.75, 3.05) is 0 Å². The second-order valence-corrected chi connectivity index (χ2v) is 6.65. The number of ketones is 1. The summed E-state index contributed by atoms with van der Waals surface area (Å²) in [5, 5.41) is 46.9. The largest absolute Gasteiger partial charge is 0.478 e. The van der Waals surface area contributed by atoms with Gasteiger partial charge in [-0.2, -0.15) is 0 Å². The lowest BCUT2D eigenvalue weighted by molar-refractivity contribution is -0.133. The smallest absolute Gasteiger partial charge is 0.462 e. The van der Waals surface area contributed by atoms with Crippen LogP contribution in [-0.4, -0.2) is 51.2 Å². The summed E-state index contributed by atoms with van der Waals surface area (Å²) in [6.07, 6.45) is 2.50. The number of allylic oxidation sites excluding steroid dienone is 7. The number of carbonyl (C=O) groups excluding carboxylic acids is 1. The van der Waals surface area contributed by atoms with Crippen molar-refractivity contribution in [1.82, 2.24) is 0 Å². The van der Waals surface area contributed by atoms with Crippen LogP contribution in [0.4, 0.5) is 8.78 Å². The van der Waals surface area contributed by atoms with Gasteiger partial charge in [0.05, 0.1) is 5.82 Å². The lowest BCUT2D eigenvalue weighted by Gasteiger charge is -2.29. The van der Waals surface area contributed by atoms with Crippen molar-refractivity contribution in [3.8, 4) is 0 Å². The highest BCUT2D eigenvalue weighted by Crippen LogP contribution is 2.43. The first-order valence-corrected chi connectivity index (χ1v) is 8.17. The third-order valence-electron chi connectivity index (χ3n) is 5.00. The molecule has 0 bridgehead atoms. The highest BCUT2D eigenvalue weighted by Gasteiger charge is 2.43. The molecule has 0 spiro atoms. The maximum Gasteiger partial charge on any atom is 0.462 e. The van der Waals surface area contributed by atoms with Gasteiger partial charge in [0.2, 0.25) is 0 Å². The summed E-state index contributed by atoms with van der Waals surface area (Å²) in [4.78, 5) is 24.2. The Bertz CT molecular complexity index is 786. The zero-order valence-corrected chi connectivity index (χ0v) is 14.5. The van der Waals surface area contributed by atoms with Crippen LogP contribution in [0.5, 0.6) is 0 Å². The second kappa shape index (κ2) is 7.89. The van der Waals surface area contributed by atoms with Gasteiger partial charge in [0.1, 0.15) is 11.7 Å². The fourth-order valence-electron chi connectivity index (χ4n) is 3.45. The number of halogens is 2. The maximum absolute atomic E-state index is 14.3. The molecule has 0 aromatic carbocycles. The van der Waals surface area contributed by atoms with Gasteiger partial charge in [-0.3, -0.25) is 4.79 Å². The zero-order valence-electron chi connectivity index (χ0n) is 14.5. The predicted molar refractivity (Wildman–Crippen MR) is 92.3 cm³/mol. The Balaban J connectivity index is 2.53. The molecule has 144 valence electrons. The van der Waals surface area contributed by atoms with Gasteiger partial charge in [-0.05, 0) is 17.9 Å². The van der Waals surface area contributed by atoms with E-state index in [2.05, 4.69) is 0 Å². The third-order valence-corrected chi connectivity index (χ3v) is 5.00. The van der Waals surface area contributed by atoms with Crippen LogP contribution >= 0.6 is 0 Å². The van der Waals surface area contributed by atoms with Crippen molar-refractivity contribution in [2.24, 2.45) is 11.8 Å². The fourth-order valence-corrected chi connectivity index (χ4v) is 3.45. The summed E-state index contributed by atoms with van der Waals surface area (Å²) in [7, 11) is -4.14. The summed E-state index contributed by atoms with van der Waals surface area (Å²) < 4.78 is 28.1. The molecule has 7 nitrogen and oxygen atoms in total. The summed E-state index contributed by atoms with van der Waals surface area (Å²) >= 11 is 0. The molecule has 0 amide bonds. The van der Waals surface area contributed by atoms with Crippen LogP contribution in [0.1, 0.15) is 13.8 Å². The Morgan fingerprint density at radius 3 is 2.07 bits per heavy atom. The highest BCUT2D eigenvalue weighted by atomic mass is 19.1. The standard InChI is InChI=1S/C16H18B2F2O7/c1-6-9(16(22)23)3-8(4-10(6)17(24)25)15(21)13-7(2)14(18(26)27)12(20)5-11(13)19/h3-7,10,14,24-27H,1-2H3,(H,22,23). The molecule has 4 unspecified atom stereocenters. The van der Waals surface area contributed by atoms with E-state index in [1.807, 2.05) is 0 Å². The Morgan fingerprint density at radius 2 is 1.59 bits per heavy atom. The molecule has 0 saturated carbocycles. The average molecular weight is 382 g/mol. The Morgan fingerprint density at radius 1 is 1.00 bits per heavy atom. The molecule has 0 fully saturated rings. The Kier molecular flexibility index (Phi) is 6.21.